The lowest BCUT2D eigenvalue weighted by Crippen LogP contribution is -2.47. The fourth-order valence-corrected chi connectivity index (χ4v) is 2.50. The maximum absolute atomic E-state index is 12.2. The predicted octanol–water partition coefficient (Wildman–Crippen LogP) is 1.19. The molecule has 5 nitrogen and oxygen atoms in total. The summed E-state index contributed by atoms with van der Waals surface area (Å²) in [4.78, 5) is 16.5. The molecule has 1 heterocycles. The third-order valence-corrected chi connectivity index (χ3v) is 3.83. The van der Waals surface area contributed by atoms with Crippen LogP contribution in [0.15, 0.2) is 24.3 Å². The van der Waals surface area contributed by atoms with Crippen molar-refractivity contribution in [3.8, 4) is 5.75 Å². The summed E-state index contributed by atoms with van der Waals surface area (Å²) in [6.45, 7) is 2.68. The van der Waals surface area contributed by atoms with Gasteiger partial charge in [0, 0.05) is 39.3 Å². The molecule has 0 radical (unpaired) electrons. The minimum absolute atomic E-state index is 0.0720. The maximum atomic E-state index is 12.2. The quantitative estimate of drug-likeness (QED) is 0.817. The molecule has 1 aliphatic heterocycles. The van der Waals surface area contributed by atoms with Crippen LogP contribution >= 0.6 is 0 Å². The standard InChI is InChI=1S/C16H23F2N3O2/c1-20-7-9-21(10-8-20)6-5-19-15(22)12-13-3-2-4-14(11-13)23-16(17)18/h2-4,11,16H,5-10,12H2,1H3,(H,19,22). The summed E-state index contributed by atoms with van der Waals surface area (Å²) in [6.07, 6.45) is 0.156. The van der Waals surface area contributed by atoms with Crippen molar-refractivity contribution in [3.05, 3.63) is 29.8 Å². The van der Waals surface area contributed by atoms with Gasteiger partial charge < -0.3 is 15.0 Å². The summed E-state index contributed by atoms with van der Waals surface area (Å²) in [5.41, 5.74) is 0.653. The van der Waals surface area contributed by atoms with Gasteiger partial charge in [0.25, 0.3) is 0 Å². The summed E-state index contributed by atoms with van der Waals surface area (Å²) in [5.74, 6) is -0.0453. The van der Waals surface area contributed by atoms with Crippen molar-refractivity contribution in [2.45, 2.75) is 13.0 Å². The Morgan fingerprint density at radius 1 is 1.30 bits per heavy atom. The molecule has 0 aromatic heterocycles. The van der Waals surface area contributed by atoms with Crippen molar-refractivity contribution in [1.82, 2.24) is 15.1 Å². The second-order valence-corrected chi connectivity index (χ2v) is 5.70. The molecule has 1 aliphatic rings. The van der Waals surface area contributed by atoms with Crippen LogP contribution in [-0.4, -0.2) is 68.6 Å². The molecule has 1 N–H and O–H groups in total. The van der Waals surface area contributed by atoms with E-state index in [1.807, 2.05) is 0 Å². The lowest BCUT2D eigenvalue weighted by Gasteiger charge is -2.32. The SMILES string of the molecule is CN1CCN(CCNC(=O)Cc2cccc(OC(F)F)c2)CC1. The Bertz CT molecular complexity index is 506. The van der Waals surface area contributed by atoms with Crippen molar-refractivity contribution in [1.29, 1.82) is 0 Å². The van der Waals surface area contributed by atoms with E-state index >= 15 is 0 Å². The number of likely N-dealkylation sites (N-methyl/N-ethyl adjacent to an activating group) is 1. The number of alkyl halides is 2. The van der Waals surface area contributed by atoms with Crippen LogP contribution < -0.4 is 10.1 Å². The zero-order chi connectivity index (χ0) is 16.7. The van der Waals surface area contributed by atoms with E-state index in [9.17, 15) is 13.6 Å². The van der Waals surface area contributed by atoms with Crippen molar-refractivity contribution in [3.63, 3.8) is 0 Å². The zero-order valence-electron chi connectivity index (χ0n) is 13.3. The first kappa shape index (κ1) is 17.6. The number of nitrogens with one attached hydrogen (secondary N) is 1. The number of carbonyl (C=O) groups excluding carboxylic acids is 1. The summed E-state index contributed by atoms with van der Waals surface area (Å²) < 4.78 is 28.7. The summed E-state index contributed by atoms with van der Waals surface area (Å²) in [6, 6.07) is 6.23. The van der Waals surface area contributed by atoms with E-state index in [1.165, 1.54) is 12.1 Å². The number of ether oxygens (including phenoxy) is 1. The lowest BCUT2D eigenvalue weighted by molar-refractivity contribution is -0.120. The lowest BCUT2D eigenvalue weighted by atomic mass is 10.1. The third kappa shape index (κ3) is 6.50. The van der Waals surface area contributed by atoms with Crippen LogP contribution in [0.25, 0.3) is 0 Å². The first-order chi connectivity index (χ1) is 11.0. The second kappa shape index (κ2) is 8.79. The highest BCUT2D eigenvalue weighted by Crippen LogP contribution is 2.16. The molecule has 0 bridgehead atoms. The van der Waals surface area contributed by atoms with E-state index in [0.29, 0.717) is 12.1 Å². The van der Waals surface area contributed by atoms with Gasteiger partial charge in [-0.2, -0.15) is 8.78 Å². The minimum Gasteiger partial charge on any atom is -0.435 e. The maximum Gasteiger partial charge on any atom is 0.387 e. The topological polar surface area (TPSA) is 44.8 Å². The summed E-state index contributed by atoms with van der Waals surface area (Å²) >= 11 is 0. The van der Waals surface area contributed by atoms with E-state index in [2.05, 4.69) is 26.9 Å². The Balaban J connectivity index is 1.70. The van der Waals surface area contributed by atoms with Gasteiger partial charge in [0.1, 0.15) is 5.75 Å². The van der Waals surface area contributed by atoms with Crippen molar-refractivity contribution >= 4 is 5.91 Å². The third-order valence-electron chi connectivity index (χ3n) is 3.83. The highest BCUT2D eigenvalue weighted by molar-refractivity contribution is 5.78. The molecule has 7 heteroatoms. The Morgan fingerprint density at radius 3 is 2.74 bits per heavy atom. The molecule has 0 aliphatic carbocycles. The Morgan fingerprint density at radius 2 is 2.04 bits per heavy atom. The number of rotatable bonds is 7. The van der Waals surface area contributed by atoms with Gasteiger partial charge in [-0.1, -0.05) is 12.1 Å². The van der Waals surface area contributed by atoms with Crippen LogP contribution in [0.5, 0.6) is 5.75 Å². The molecule has 0 saturated carbocycles. The van der Waals surface area contributed by atoms with Crippen molar-refractivity contribution < 1.29 is 18.3 Å². The highest BCUT2D eigenvalue weighted by Gasteiger charge is 2.13. The minimum atomic E-state index is -2.86. The molecule has 1 aromatic carbocycles. The molecule has 2 rings (SSSR count). The molecule has 1 fully saturated rings. The molecule has 1 saturated heterocycles. The van der Waals surface area contributed by atoms with Crippen LogP contribution in [0, 0.1) is 0 Å². The van der Waals surface area contributed by atoms with Gasteiger partial charge in [-0.05, 0) is 24.7 Å². The number of nitrogens with zero attached hydrogens (tertiary/aromatic N) is 2. The van der Waals surface area contributed by atoms with E-state index in [-0.39, 0.29) is 18.1 Å². The van der Waals surface area contributed by atoms with Gasteiger partial charge in [0.15, 0.2) is 0 Å². The van der Waals surface area contributed by atoms with Crippen LogP contribution in [0.3, 0.4) is 0 Å². The van der Waals surface area contributed by atoms with E-state index in [4.69, 9.17) is 0 Å². The van der Waals surface area contributed by atoms with Crippen molar-refractivity contribution in [2.75, 3.05) is 46.3 Å². The number of piperazine rings is 1. The fourth-order valence-electron chi connectivity index (χ4n) is 2.50. The highest BCUT2D eigenvalue weighted by atomic mass is 19.3. The summed E-state index contributed by atoms with van der Waals surface area (Å²) in [7, 11) is 2.10. The number of carbonyl (C=O) groups is 1. The number of hydrogen-bond donors (Lipinski definition) is 1. The first-order valence-corrected chi connectivity index (χ1v) is 7.74. The zero-order valence-corrected chi connectivity index (χ0v) is 13.3. The molecule has 128 valence electrons. The first-order valence-electron chi connectivity index (χ1n) is 7.74. The number of hydrogen-bond acceptors (Lipinski definition) is 4. The summed E-state index contributed by atoms with van der Waals surface area (Å²) in [5, 5.41) is 2.87. The van der Waals surface area contributed by atoms with Gasteiger partial charge in [-0.3, -0.25) is 9.69 Å². The van der Waals surface area contributed by atoms with Gasteiger partial charge in [-0.25, -0.2) is 0 Å². The number of amides is 1. The van der Waals surface area contributed by atoms with Gasteiger partial charge in [0.05, 0.1) is 6.42 Å². The molecule has 1 aromatic rings. The molecule has 23 heavy (non-hydrogen) atoms. The number of benzene rings is 1. The predicted molar refractivity (Wildman–Crippen MR) is 83.7 cm³/mol. The van der Waals surface area contributed by atoms with Crippen LogP contribution in [-0.2, 0) is 11.2 Å². The van der Waals surface area contributed by atoms with Gasteiger partial charge >= 0.3 is 6.61 Å². The normalized spacial score (nSPS) is 16.5. The molecular weight excluding hydrogens is 304 g/mol. The van der Waals surface area contributed by atoms with Crippen LogP contribution in [0.1, 0.15) is 5.56 Å². The molecular formula is C16H23F2N3O2. The smallest absolute Gasteiger partial charge is 0.387 e. The van der Waals surface area contributed by atoms with E-state index < -0.39 is 6.61 Å². The van der Waals surface area contributed by atoms with Gasteiger partial charge in [-0.15, -0.1) is 0 Å². The second-order valence-electron chi connectivity index (χ2n) is 5.70. The number of halogens is 2. The fraction of sp³-hybridized carbons (Fsp3) is 0.562. The largest absolute Gasteiger partial charge is 0.435 e. The average molecular weight is 327 g/mol. The molecule has 0 spiro atoms. The van der Waals surface area contributed by atoms with Crippen molar-refractivity contribution in [2.24, 2.45) is 0 Å². The van der Waals surface area contributed by atoms with E-state index in [0.717, 1.165) is 32.7 Å². The van der Waals surface area contributed by atoms with E-state index in [1.54, 1.807) is 12.1 Å². The van der Waals surface area contributed by atoms with Crippen LogP contribution in [0.2, 0.25) is 0 Å². The molecule has 1 amide bonds. The Kier molecular flexibility index (Phi) is 6.73. The monoisotopic (exact) mass is 327 g/mol. The molecule has 0 unspecified atom stereocenters. The molecule has 0 atom stereocenters. The average Bonchev–Trinajstić information content (AvgIpc) is 2.49. The Hall–Kier alpha value is -1.73. The van der Waals surface area contributed by atoms with Gasteiger partial charge in [0.2, 0.25) is 5.91 Å². The Labute approximate surface area is 135 Å². The van der Waals surface area contributed by atoms with Crippen LogP contribution in [0.4, 0.5) is 8.78 Å².